The average Bonchev–Trinajstić information content (AvgIpc) is 2.69. The topological polar surface area (TPSA) is 156 Å². The Morgan fingerprint density at radius 3 is 2.41 bits per heavy atom. The first-order valence-electron chi connectivity index (χ1n) is 9.34. The largest absolute Gasteiger partial charge is 0.480 e. The Morgan fingerprint density at radius 2 is 1.96 bits per heavy atom. The van der Waals surface area contributed by atoms with E-state index in [9.17, 15) is 9.59 Å². The number of hydrogen-bond donors (Lipinski definition) is 4. The zero-order valence-corrected chi connectivity index (χ0v) is 15.8. The van der Waals surface area contributed by atoms with E-state index < -0.39 is 12.0 Å². The van der Waals surface area contributed by atoms with Crippen molar-refractivity contribution < 1.29 is 14.7 Å². The van der Waals surface area contributed by atoms with Crippen molar-refractivity contribution in [3.63, 3.8) is 0 Å². The number of nitrogens with zero attached hydrogens (tertiary/aromatic N) is 1. The minimum absolute atomic E-state index is 0.518. The molecule has 7 nitrogen and oxygen atoms in total. The van der Waals surface area contributed by atoms with Gasteiger partial charge in [-0.2, -0.15) is 5.26 Å². The first-order valence-corrected chi connectivity index (χ1v) is 9.34. The second-order valence-corrected chi connectivity index (χ2v) is 6.48. The van der Waals surface area contributed by atoms with Crippen LogP contribution in [0.25, 0.3) is 0 Å². The third kappa shape index (κ3) is 13.6. The number of aliphatic carboxylic acids is 1. The van der Waals surface area contributed by atoms with Crippen LogP contribution >= 0.6 is 0 Å². The van der Waals surface area contributed by atoms with E-state index in [0.29, 0.717) is 30.1 Å². The van der Waals surface area contributed by atoms with Crippen molar-refractivity contribution in [1.82, 2.24) is 0 Å². The molecule has 1 saturated carbocycles. The summed E-state index contributed by atoms with van der Waals surface area (Å²) in [5.41, 5.74) is 17.1. The molecule has 1 aromatic carbocycles. The normalized spacial score (nSPS) is 14.4. The van der Waals surface area contributed by atoms with Crippen LogP contribution in [0.2, 0.25) is 0 Å². The molecule has 0 amide bonds. The third-order valence-corrected chi connectivity index (χ3v) is 4.09. The molecule has 0 saturated heterocycles. The number of aldehydes is 1. The van der Waals surface area contributed by atoms with Gasteiger partial charge in [0, 0.05) is 11.6 Å². The molecule has 27 heavy (non-hydrogen) atoms. The molecule has 0 heterocycles. The molecule has 1 atom stereocenters. The molecule has 1 aliphatic rings. The molecule has 7 N–H and O–H groups in total. The van der Waals surface area contributed by atoms with Gasteiger partial charge in [-0.05, 0) is 44.4 Å². The van der Waals surface area contributed by atoms with Gasteiger partial charge in [0.2, 0.25) is 0 Å². The van der Waals surface area contributed by atoms with Crippen LogP contribution in [-0.4, -0.2) is 36.0 Å². The number of nitrogens with two attached hydrogens (primary N) is 3. The Labute approximate surface area is 161 Å². The number of carbonyl (C=O) groups is 2. The van der Waals surface area contributed by atoms with Gasteiger partial charge in [-0.25, -0.2) is 0 Å². The summed E-state index contributed by atoms with van der Waals surface area (Å²) in [5.74, 6) is -0.933. The van der Waals surface area contributed by atoms with Gasteiger partial charge in [0.05, 0.1) is 11.6 Å². The maximum atomic E-state index is 10.2. The standard InChI is InChI=1S/C8H5NO.C6H14N2O2.C6H13N/c9-5-7-2-1-3-8(4-7)6-10;7-4-2-1-3-5(8)6(9)10;7-6-4-2-1-3-5-6/h1-4,6H;5H,1-4,7-8H2,(H,9,10);6H,1-5,7H2. The number of carboxylic acid groups (broad SMARTS) is 1. The van der Waals surface area contributed by atoms with Crippen molar-refractivity contribution >= 4 is 12.3 Å². The monoisotopic (exact) mass is 376 g/mol. The summed E-state index contributed by atoms with van der Waals surface area (Å²) in [5, 5.41) is 16.7. The van der Waals surface area contributed by atoms with Crippen LogP contribution in [0.3, 0.4) is 0 Å². The van der Waals surface area contributed by atoms with E-state index in [1.54, 1.807) is 24.3 Å². The van der Waals surface area contributed by atoms with E-state index in [0.717, 1.165) is 19.1 Å². The quantitative estimate of drug-likeness (QED) is 0.438. The predicted octanol–water partition coefficient (Wildman–Crippen LogP) is 2.18. The highest BCUT2D eigenvalue weighted by atomic mass is 16.4. The third-order valence-electron chi connectivity index (χ3n) is 4.09. The van der Waals surface area contributed by atoms with Crippen molar-refractivity contribution in [2.75, 3.05) is 6.54 Å². The van der Waals surface area contributed by atoms with Crippen molar-refractivity contribution in [1.29, 1.82) is 5.26 Å². The summed E-state index contributed by atoms with van der Waals surface area (Å²) in [7, 11) is 0. The molecule has 1 fully saturated rings. The van der Waals surface area contributed by atoms with Crippen molar-refractivity contribution in [2.45, 2.75) is 63.5 Å². The van der Waals surface area contributed by atoms with Crippen LogP contribution < -0.4 is 17.2 Å². The van der Waals surface area contributed by atoms with Gasteiger partial charge < -0.3 is 22.3 Å². The van der Waals surface area contributed by atoms with Crippen molar-refractivity contribution in [3.05, 3.63) is 35.4 Å². The molecule has 0 aliphatic heterocycles. The minimum atomic E-state index is -0.933. The fourth-order valence-corrected chi connectivity index (χ4v) is 2.45. The van der Waals surface area contributed by atoms with Crippen LogP contribution in [0.1, 0.15) is 67.3 Å². The van der Waals surface area contributed by atoms with E-state index in [1.165, 1.54) is 32.1 Å². The number of carboxylic acids is 1. The fourth-order valence-electron chi connectivity index (χ4n) is 2.45. The maximum absolute atomic E-state index is 10.2. The molecular weight excluding hydrogens is 344 g/mol. The lowest BCUT2D eigenvalue weighted by molar-refractivity contribution is -0.138. The van der Waals surface area contributed by atoms with Gasteiger partial charge in [-0.1, -0.05) is 37.8 Å². The predicted molar refractivity (Wildman–Crippen MR) is 106 cm³/mol. The van der Waals surface area contributed by atoms with Gasteiger partial charge in [-0.15, -0.1) is 0 Å². The molecule has 0 radical (unpaired) electrons. The lowest BCUT2D eigenvalue weighted by Gasteiger charge is -2.15. The Hall–Kier alpha value is -2.27. The van der Waals surface area contributed by atoms with Gasteiger partial charge in [0.15, 0.2) is 0 Å². The first kappa shape index (κ1) is 24.7. The molecule has 0 aromatic heterocycles. The number of nitriles is 1. The number of unbranched alkanes of at least 4 members (excludes halogenated alkanes) is 1. The SMILES string of the molecule is N#Cc1cccc(C=O)c1.NC1CCCCC1.NCCCCC(N)C(=O)O. The molecule has 0 bridgehead atoms. The lowest BCUT2D eigenvalue weighted by Crippen LogP contribution is -2.29. The number of carbonyl (C=O) groups excluding carboxylic acids is 1. The second-order valence-electron chi connectivity index (χ2n) is 6.48. The average molecular weight is 377 g/mol. The summed E-state index contributed by atoms with van der Waals surface area (Å²) in [6.07, 6.45) is 9.55. The maximum Gasteiger partial charge on any atom is 0.320 e. The highest BCUT2D eigenvalue weighted by Crippen LogP contribution is 2.14. The Morgan fingerprint density at radius 1 is 1.30 bits per heavy atom. The van der Waals surface area contributed by atoms with Gasteiger partial charge in [0.1, 0.15) is 12.3 Å². The zero-order chi connectivity index (χ0) is 20.5. The lowest BCUT2D eigenvalue weighted by atomic mass is 9.97. The Kier molecular flexibility index (Phi) is 14.6. The van der Waals surface area contributed by atoms with Gasteiger partial charge in [-0.3, -0.25) is 9.59 Å². The molecule has 1 aromatic rings. The van der Waals surface area contributed by atoms with E-state index in [2.05, 4.69) is 0 Å². The van der Waals surface area contributed by atoms with Gasteiger partial charge >= 0.3 is 5.97 Å². The molecular formula is C20H32N4O3. The summed E-state index contributed by atoms with van der Waals surface area (Å²) in [6, 6.07) is 8.31. The zero-order valence-electron chi connectivity index (χ0n) is 15.8. The number of benzene rings is 1. The van der Waals surface area contributed by atoms with E-state index >= 15 is 0 Å². The molecule has 2 rings (SSSR count). The van der Waals surface area contributed by atoms with E-state index in [4.69, 9.17) is 27.6 Å². The van der Waals surface area contributed by atoms with Crippen molar-refractivity contribution in [3.8, 4) is 6.07 Å². The highest BCUT2D eigenvalue weighted by molar-refractivity contribution is 5.75. The Balaban J connectivity index is 0.000000382. The number of rotatable bonds is 6. The van der Waals surface area contributed by atoms with Crippen LogP contribution in [0.15, 0.2) is 24.3 Å². The second kappa shape index (κ2) is 15.9. The molecule has 0 spiro atoms. The van der Waals surface area contributed by atoms with Gasteiger partial charge in [0.25, 0.3) is 0 Å². The van der Waals surface area contributed by atoms with E-state index in [1.807, 2.05) is 6.07 Å². The molecule has 1 aliphatic carbocycles. The fraction of sp³-hybridized carbons (Fsp3) is 0.550. The van der Waals surface area contributed by atoms with Crippen LogP contribution in [-0.2, 0) is 4.79 Å². The summed E-state index contributed by atoms with van der Waals surface area (Å²) >= 11 is 0. The Bertz CT molecular complexity index is 581. The van der Waals surface area contributed by atoms with E-state index in [-0.39, 0.29) is 0 Å². The highest BCUT2D eigenvalue weighted by Gasteiger charge is 2.09. The molecule has 1 unspecified atom stereocenters. The summed E-state index contributed by atoms with van der Waals surface area (Å²) in [6.45, 7) is 0.604. The molecule has 150 valence electrons. The van der Waals surface area contributed by atoms with Crippen LogP contribution in [0, 0.1) is 11.3 Å². The van der Waals surface area contributed by atoms with Crippen molar-refractivity contribution in [2.24, 2.45) is 17.2 Å². The first-order chi connectivity index (χ1) is 12.9. The smallest absolute Gasteiger partial charge is 0.320 e. The van der Waals surface area contributed by atoms with Crippen LogP contribution in [0.5, 0.6) is 0 Å². The summed E-state index contributed by atoms with van der Waals surface area (Å²) in [4.78, 5) is 20.3. The molecule has 7 heteroatoms. The number of hydrogen-bond acceptors (Lipinski definition) is 6. The minimum Gasteiger partial charge on any atom is -0.480 e. The van der Waals surface area contributed by atoms with Crippen LogP contribution in [0.4, 0.5) is 0 Å². The summed E-state index contributed by atoms with van der Waals surface area (Å²) < 4.78 is 0.